The molecule has 0 saturated heterocycles. The molecule has 2 heterocycles. The molecule has 3 aromatic rings. The van der Waals surface area contributed by atoms with Crippen molar-refractivity contribution < 1.29 is 4.74 Å². The summed E-state index contributed by atoms with van der Waals surface area (Å²) in [5.41, 5.74) is 0.814. The zero-order valence-corrected chi connectivity index (χ0v) is 10.4. The molecule has 2 aromatic heterocycles. The van der Waals surface area contributed by atoms with Crippen LogP contribution < -0.4 is 10.1 Å². The van der Waals surface area contributed by atoms with Gasteiger partial charge in [-0.25, -0.2) is 4.98 Å². The predicted octanol–water partition coefficient (Wildman–Crippen LogP) is 2.86. The van der Waals surface area contributed by atoms with E-state index in [1.54, 1.807) is 25.5 Å². The number of fused-ring (bicyclic) bond motifs is 1. The minimum absolute atomic E-state index is 0.484. The Morgan fingerprint density at radius 1 is 1.00 bits per heavy atom. The van der Waals surface area contributed by atoms with Crippen LogP contribution in [0.3, 0.4) is 0 Å². The highest BCUT2D eigenvalue weighted by Crippen LogP contribution is 2.27. The number of para-hydroxylation sites is 1. The first-order chi connectivity index (χ1) is 9.36. The lowest BCUT2D eigenvalue weighted by molar-refractivity contribution is 0.466. The number of pyridine rings is 1. The molecule has 0 radical (unpaired) electrons. The van der Waals surface area contributed by atoms with Gasteiger partial charge in [-0.1, -0.05) is 18.2 Å². The van der Waals surface area contributed by atoms with Crippen LogP contribution in [0.5, 0.6) is 11.6 Å². The third-order valence-corrected chi connectivity index (χ3v) is 2.66. The van der Waals surface area contributed by atoms with Gasteiger partial charge in [0.1, 0.15) is 5.52 Å². The lowest BCUT2D eigenvalue weighted by Crippen LogP contribution is -1.97. The second-order valence-electron chi connectivity index (χ2n) is 3.90. The lowest BCUT2D eigenvalue weighted by Gasteiger charge is -2.07. The van der Waals surface area contributed by atoms with Crippen LogP contribution in [0.15, 0.2) is 48.8 Å². The van der Waals surface area contributed by atoms with Gasteiger partial charge in [0, 0.05) is 30.9 Å². The van der Waals surface area contributed by atoms with Crippen molar-refractivity contribution in [2.45, 2.75) is 0 Å². The van der Waals surface area contributed by atoms with Crippen molar-refractivity contribution in [3.05, 3.63) is 48.8 Å². The molecule has 3 rings (SSSR count). The van der Waals surface area contributed by atoms with Crippen LogP contribution in [0.2, 0.25) is 0 Å². The molecule has 0 amide bonds. The monoisotopic (exact) mass is 252 g/mol. The summed E-state index contributed by atoms with van der Waals surface area (Å²) >= 11 is 0. The van der Waals surface area contributed by atoms with Crippen LogP contribution in [0.25, 0.3) is 10.9 Å². The standard InChI is InChI=1S/C14H12N4O/c1-15-14-17-9-7-12(18-14)19-11-6-2-4-10-5-3-8-16-13(10)11/h2-9H,1H3,(H,15,17,18). The molecule has 19 heavy (non-hydrogen) atoms. The Morgan fingerprint density at radius 2 is 1.89 bits per heavy atom. The van der Waals surface area contributed by atoms with Gasteiger partial charge in [0.25, 0.3) is 0 Å². The molecule has 0 bridgehead atoms. The van der Waals surface area contributed by atoms with Gasteiger partial charge >= 0.3 is 0 Å². The Labute approximate surface area is 110 Å². The van der Waals surface area contributed by atoms with E-state index < -0.39 is 0 Å². The van der Waals surface area contributed by atoms with Gasteiger partial charge in [-0.15, -0.1) is 0 Å². The van der Waals surface area contributed by atoms with Gasteiger partial charge in [-0.3, -0.25) is 4.98 Å². The predicted molar refractivity (Wildman–Crippen MR) is 73.4 cm³/mol. The van der Waals surface area contributed by atoms with Crippen LogP contribution in [-0.2, 0) is 0 Å². The van der Waals surface area contributed by atoms with E-state index >= 15 is 0 Å². The molecule has 0 aliphatic carbocycles. The smallest absolute Gasteiger partial charge is 0.225 e. The number of anilines is 1. The first-order valence-corrected chi connectivity index (χ1v) is 5.89. The maximum Gasteiger partial charge on any atom is 0.225 e. The summed E-state index contributed by atoms with van der Waals surface area (Å²) in [5, 5.41) is 3.90. The van der Waals surface area contributed by atoms with Crippen molar-refractivity contribution >= 4 is 16.9 Å². The molecule has 0 aliphatic heterocycles. The average Bonchev–Trinajstić information content (AvgIpc) is 2.48. The Morgan fingerprint density at radius 3 is 2.79 bits per heavy atom. The number of aromatic nitrogens is 3. The second kappa shape index (κ2) is 4.89. The minimum Gasteiger partial charge on any atom is -0.437 e. The van der Waals surface area contributed by atoms with E-state index in [1.165, 1.54) is 0 Å². The summed E-state index contributed by atoms with van der Waals surface area (Å²) in [6.07, 6.45) is 3.39. The van der Waals surface area contributed by atoms with Crippen molar-refractivity contribution in [3.63, 3.8) is 0 Å². The quantitative estimate of drug-likeness (QED) is 0.776. The number of hydrogen-bond donors (Lipinski definition) is 1. The maximum atomic E-state index is 5.78. The van der Waals surface area contributed by atoms with E-state index in [0.29, 0.717) is 17.6 Å². The van der Waals surface area contributed by atoms with Crippen molar-refractivity contribution in [1.82, 2.24) is 15.0 Å². The Hall–Kier alpha value is -2.69. The summed E-state index contributed by atoms with van der Waals surface area (Å²) in [6, 6.07) is 11.4. The van der Waals surface area contributed by atoms with Crippen molar-refractivity contribution in [2.24, 2.45) is 0 Å². The molecule has 0 spiro atoms. The van der Waals surface area contributed by atoms with Gasteiger partial charge in [0.15, 0.2) is 5.75 Å². The molecule has 5 nitrogen and oxygen atoms in total. The summed E-state index contributed by atoms with van der Waals surface area (Å²) in [4.78, 5) is 12.6. The molecule has 1 N–H and O–H groups in total. The highest BCUT2D eigenvalue weighted by Gasteiger charge is 2.05. The Kier molecular flexibility index (Phi) is 2.94. The number of benzene rings is 1. The minimum atomic E-state index is 0.484. The topological polar surface area (TPSA) is 59.9 Å². The molecular weight excluding hydrogens is 240 g/mol. The van der Waals surface area contributed by atoms with Crippen molar-refractivity contribution in [3.8, 4) is 11.6 Å². The van der Waals surface area contributed by atoms with Gasteiger partial charge < -0.3 is 10.1 Å². The fourth-order valence-electron chi connectivity index (χ4n) is 1.79. The summed E-state index contributed by atoms with van der Waals surface area (Å²) in [5.74, 6) is 1.68. The van der Waals surface area contributed by atoms with Crippen LogP contribution in [-0.4, -0.2) is 22.0 Å². The van der Waals surface area contributed by atoms with E-state index in [-0.39, 0.29) is 0 Å². The largest absolute Gasteiger partial charge is 0.437 e. The fraction of sp³-hybridized carbons (Fsp3) is 0.0714. The number of hydrogen-bond acceptors (Lipinski definition) is 5. The lowest BCUT2D eigenvalue weighted by atomic mass is 10.2. The summed E-state index contributed by atoms with van der Waals surface area (Å²) < 4.78 is 5.78. The fourth-order valence-corrected chi connectivity index (χ4v) is 1.79. The molecule has 1 aromatic carbocycles. The van der Waals surface area contributed by atoms with E-state index in [0.717, 1.165) is 10.9 Å². The molecule has 0 saturated carbocycles. The highest BCUT2D eigenvalue weighted by atomic mass is 16.5. The molecule has 0 atom stereocenters. The van der Waals surface area contributed by atoms with E-state index in [1.807, 2.05) is 30.3 Å². The van der Waals surface area contributed by atoms with Crippen LogP contribution in [0.1, 0.15) is 0 Å². The zero-order chi connectivity index (χ0) is 13.1. The first kappa shape index (κ1) is 11.4. The summed E-state index contributed by atoms with van der Waals surface area (Å²) in [7, 11) is 1.76. The molecule has 0 unspecified atom stereocenters. The zero-order valence-electron chi connectivity index (χ0n) is 10.4. The van der Waals surface area contributed by atoms with Gasteiger partial charge in [-0.05, 0) is 12.1 Å². The molecular formula is C14H12N4O. The van der Waals surface area contributed by atoms with Crippen LogP contribution in [0, 0.1) is 0 Å². The number of nitrogens with zero attached hydrogens (tertiary/aromatic N) is 3. The molecule has 0 aliphatic rings. The molecule has 0 fully saturated rings. The normalized spacial score (nSPS) is 10.4. The highest BCUT2D eigenvalue weighted by molar-refractivity contribution is 5.84. The van der Waals surface area contributed by atoms with Crippen molar-refractivity contribution in [1.29, 1.82) is 0 Å². The molecule has 5 heteroatoms. The van der Waals surface area contributed by atoms with Gasteiger partial charge in [0.05, 0.1) is 0 Å². The van der Waals surface area contributed by atoms with Gasteiger partial charge in [-0.2, -0.15) is 4.98 Å². The maximum absolute atomic E-state index is 5.78. The molecule has 94 valence electrons. The average molecular weight is 252 g/mol. The van der Waals surface area contributed by atoms with Crippen molar-refractivity contribution in [2.75, 3.05) is 12.4 Å². The van der Waals surface area contributed by atoms with E-state index in [4.69, 9.17) is 4.74 Å². The van der Waals surface area contributed by atoms with E-state index in [2.05, 4.69) is 20.3 Å². The van der Waals surface area contributed by atoms with Gasteiger partial charge in [0.2, 0.25) is 11.8 Å². The third kappa shape index (κ3) is 2.30. The van der Waals surface area contributed by atoms with Crippen LogP contribution >= 0.6 is 0 Å². The summed E-state index contributed by atoms with van der Waals surface area (Å²) in [6.45, 7) is 0. The number of ether oxygens (including phenoxy) is 1. The third-order valence-electron chi connectivity index (χ3n) is 2.66. The first-order valence-electron chi connectivity index (χ1n) is 5.89. The number of nitrogens with one attached hydrogen (secondary N) is 1. The Bertz CT molecular complexity index is 709. The second-order valence-corrected chi connectivity index (χ2v) is 3.90. The number of rotatable bonds is 3. The SMILES string of the molecule is CNc1nccc(Oc2cccc3cccnc23)n1. The Balaban J connectivity index is 2.01. The van der Waals surface area contributed by atoms with Crippen LogP contribution in [0.4, 0.5) is 5.95 Å². The van der Waals surface area contributed by atoms with E-state index in [9.17, 15) is 0 Å².